The van der Waals surface area contributed by atoms with Crippen LogP contribution in [0.5, 0.6) is 23.0 Å². The molecule has 34 heavy (non-hydrogen) atoms. The fourth-order valence-electron chi connectivity index (χ4n) is 6.94. The molecule has 2 saturated carbocycles. The van der Waals surface area contributed by atoms with Crippen molar-refractivity contribution in [2.24, 2.45) is 5.92 Å². The van der Waals surface area contributed by atoms with Crippen molar-refractivity contribution in [1.29, 1.82) is 0 Å². The van der Waals surface area contributed by atoms with Crippen LogP contribution in [0.25, 0.3) is 0 Å². The van der Waals surface area contributed by atoms with Crippen LogP contribution in [0.2, 0.25) is 0 Å². The Hall–Kier alpha value is -3.02. The molecule has 1 N–H and O–H groups in total. The number of hydrogen-bond donors (Lipinski definition) is 1. The van der Waals surface area contributed by atoms with Crippen molar-refractivity contribution in [3.8, 4) is 23.0 Å². The molecule has 6 heteroatoms. The van der Waals surface area contributed by atoms with Gasteiger partial charge in [-0.1, -0.05) is 18.9 Å². The second kappa shape index (κ2) is 8.03. The first-order chi connectivity index (χ1) is 16.2. The van der Waals surface area contributed by atoms with E-state index < -0.39 is 11.6 Å². The highest BCUT2D eigenvalue weighted by Crippen LogP contribution is 2.66. The fraction of sp³-hybridized carbons (Fsp3) is 0.500. The topological polar surface area (TPSA) is 82.1 Å². The van der Waals surface area contributed by atoms with E-state index in [2.05, 4.69) is 6.07 Å². The van der Waals surface area contributed by atoms with E-state index in [1.807, 2.05) is 19.1 Å². The Morgan fingerprint density at radius 3 is 2.09 bits per heavy atom. The van der Waals surface area contributed by atoms with Crippen molar-refractivity contribution in [1.82, 2.24) is 0 Å². The quantitative estimate of drug-likeness (QED) is 0.459. The molecule has 2 aromatic rings. The van der Waals surface area contributed by atoms with Crippen LogP contribution in [0.3, 0.4) is 0 Å². The van der Waals surface area contributed by atoms with Gasteiger partial charge in [0.05, 0.1) is 0 Å². The summed E-state index contributed by atoms with van der Waals surface area (Å²) in [7, 11) is 0. The number of ether oxygens (including phenoxy) is 3. The van der Waals surface area contributed by atoms with E-state index >= 15 is 0 Å². The van der Waals surface area contributed by atoms with Crippen LogP contribution in [0.4, 0.5) is 0 Å². The summed E-state index contributed by atoms with van der Waals surface area (Å²) in [5, 5.41) is 11.4. The van der Waals surface area contributed by atoms with Crippen molar-refractivity contribution in [3.63, 3.8) is 0 Å². The number of esters is 2. The molecule has 0 radical (unpaired) electrons. The Morgan fingerprint density at radius 1 is 0.882 bits per heavy atom. The molecule has 2 fully saturated rings. The van der Waals surface area contributed by atoms with Gasteiger partial charge in [-0.15, -0.1) is 0 Å². The van der Waals surface area contributed by atoms with Gasteiger partial charge < -0.3 is 19.3 Å². The Labute approximate surface area is 200 Å². The maximum absolute atomic E-state index is 11.7. The zero-order valence-electron chi connectivity index (χ0n) is 20.3. The minimum Gasteiger partial charge on any atom is -0.507 e. The lowest BCUT2D eigenvalue weighted by Crippen LogP contribution is -2.51. The van der Waals surface area contributed by atoms with Crippen LogP contribution in [0.1, 0.15) is 81.0 Å². The molecule has 1 aliphatic heterocycles. The first kappa shape index (κ1) is 22.8. The number of hydrogen-bond acceptors (Lipinski definition) is 6. The molecule has 1 heterocycles. The summed E-state index contributed by atoms with van der Waals surface area (Å²) < 4.78 is 17.8. The lowest BCUT2D eigenvalue weighted by atomic mass is 9.60. The van der Waals surface area contributed by atoms with Crippen LogP contribution in [0, 0.1) is 19.8 Å². The molecule has 0 amide bonds. The second-order valence-electron chi connectivity index (χ2n) is 10.1. The summed E-state index contributed by atoms with van der Waals surface area (Å²) in [6, 6.07) is 7.61. The second-order valence-corrected chi connectivity index (χ2v) is 10.1. The van der Waals surface area contributed by atoms with Crippen molar-refractivity contribution in [3.05, 3.63) is 46.5 Å². The largest absolute Gasteiger partial charge is 0.507 e. The monoisotopic (exact) mass is 464 g/mol. The number of carbonyl (C=O) groups is 2. The van der Waals surface area contributed by atoms with Gasteiger partial charge in [-0.3, -0.25) is 9.59 Å². The van der Waals surface area contributed by atoms with Gasteiger partial charge in [0.25, 0.3) is 0 Å². The molecule has 0 saturated heterocycles. The SMILES string of the molecule is CC(=O)Oc1ccc([C@]23CCC[C@H]2C2(CCCC2)c2ccc(OC(C)=O)c(C)c2O3)c(O)c1C. The van der Waals surface area contributed by atoms with Crippen LogP contribution in [-0.2, 0) is 20.6 Å². The van der Waals surface area contributed by atoms with Gasteiger partial charge in [0.1, 0.15) is 28.6 Å². The number of benzene rings is 2. The standard InChI is InChI=1S/C28H32O6/c1-16-22(32-18(3)29)11-9-20(25(16)31)28-15-7-8-24(28)27(13-5-6-14-27)21-10-12-23(33-19(4)30)17(2)26(21)34-28/h9-12,24,31H,5-8,13-15H2,1-4H3/t24-,28+/m0/s1. The van der Waals surface area contributed by atoms with E-state index in [-0.39, 0.29) is 23.1 Å². The smallest absolute Gasteiger partial charge is 0.308 e. The van der Waals surface area contributed by atoms with Gasteiger partial charge in [0.15, 0.2) is 0 Å². The molecule has 3 aliphatic rings. The molecule has 0 aromatic heterocycles. The number of carbonyl (C=O) groups excluding carboxylic acids is 2. The van der Waals surface area contributed by atoms with E-state index in [0.717, 1.165) is 61.8 Å². The average molecular weight is 465 g/mol. The number of rotatable bonds is 3. The molecule has 0 unspecified atom stereocenters. The zero-order chi connectivity index (χ0) is 24.3. The molecule has 180 valence electrons. The first-order valence-corrected chi connectivity index (χ1v) is 12.2. The van der Waals surface area contributed by atoms with Crippen molar-refractivity contribution in [2.45, 2.75) is 83.7 Å². The molecular formula is C28H32O6. The van der Waals surface area contributed by atoms with Crippen LogP contribution < -0.4 is 14.2 Å². The molecule has 0 bridgehead atoms. The lowest BCUT2D eigenvalue weighted by Gasteiger charge is -2.52. The molecule has 6 nitrogen and oxygen atoms in total. The number of phenols is 1. The summed E-state index contributed by atoms with van der Waals surface area (Å²) in [6.45, 7) is 6.46. The van der Waals surface area contributed by atoms with Gasteiger partial charge >= 0.3 is 11.9 Å². The average Bonchev–Trinajstić information content (AvgIpc) is 3.42. The number of aromatic hydroxyl groups is 1. The normalized spacial score (nSPS) is 24.3. The van der Waals surface area contributed by atoms with Crippen molar-refractivity contribution >= 4 is 11.9 Å². The summed E-state index contributed by atoms with van der Waals surface area (Å²) in [6.07, 6.45) is 7.28. The maximum atomic E-state index is 11.7. The van der Waals surface area contributed by atoms with E-state index in [9.17, 15) is 14.7 Å². The Balaban J connectivity index is 1.71. The zero-order valence-corrected chi connectivity index (χ0v) is 20.3. The van der Waals surface area contributed by atoms with E-state index in [4.69, 9.17) is 14.2 Å². The van der Waals surface area contributed by atoms with E-state index in [1.54, 1.807) is 13.0 Å². The number of fused-ring (bicyclic) bond motifs is 4. The molecular weight excluding hydrogens is 432 g/mol. The third-order valence-electron chi connectivity index (χ3n) is 8.29. The van der Waals surface area contributed by atoms with Gasteiger partial charge in [-0.25, -0.2) is 0 Å². The van der Waals surface area contributed by atoms with Crippen molar-refractivity contribution < 1.29 is 28.9 Å². The highest BCUT2D eigenvalue weighted by molar-refractivity contribution is 5.71. The number of phenolic OH excluding ortho intramolecular Hbond substituents is 1. The third-order valence-corrected chi connectivity index (χ3v) is 8.29. The minimum absolute atomic E-state index is 0.0432. The highest BCUT2D eigenvalue weighted by Gasteiger charge is 2.62. The highest BCUT2D eigenvalue weighted by atomic mass is 16.5. The molecule has 2 aliphatic carbocycles. The summed E-state index contributed by atoms with van der Waals surface area (Å²) in [5.74, 6) is 1.21. The van der Waals surface area contributed by atoms with Gasteiger partial charge in [-0.2, -0.15) is 0 Å². The summed E-state index contributed by atoms with van der Waals surface area (Å²) >= 11 is 0. The predicted molar refractivity (Wildman–Crippen MR) is 126 cm³/mol. The van der Waals surface area contributed by atoms with Crippen LogP contribution >= 0.6 is 0 Å². The van der Waals surface area contributed by atoms with Crippen LogP contribution in [-0.4, -0.2) is 17.0 Å². The van der Waals surface area contributed by atoms with Gasteiger partial charge in [0, 0.05) is 47.4 Å². The Kier molecular flexibility index (Phi) is 5.38. The third kappa shape index (κ3) is 3.22. The van der Waals surface area contributed by atoms with E-state index in [0.29, 0.717) is 17.1 Å². The lowest BCUT2D eigenvalue weighted by molar-refractivity contribution is -0.132. The summed E-state index contributed by atoms with van der Waals surface area (Å²) in [4.78, 5) is 23.2. The fourth-order valence-corrected chi connectivity index (χ4v) is 6.94. The Morgan fingerprint density at radius 2 is 1.47 bits per heavy atom. The van der Waals surface area contributed by atoms with Crippen LogP contribution in [0.15, 0.2) is 24.3 Å². The molecule has 2 aromatic carbocycles. The molecule has 1 spiro atoms. The summed E-state index contributed by atoms with van der Waals surface area (Å²) in [5.41, 5.74) is 2.56. The van der Waals surface area contributed by atoms with Gasteiger partial charge in [0.2, 0.25) is 0 Å². The maximum Gasteiger partial charge on any atom is 0.308 e. The molecule has 2 atom stereocenters. The van der Waals surface area contributed by atoms with Gasteiger partial charge in [-0.05, 0) is 64.2 Å². The Bertz CT molecular complexity index is 1180. The molecule has 5 rings (SSSR count). The minimum atomic E-state index is -0.694. The first-order valence-electron chi connectivity index (χ1n) is 12.2. The van der Waals surface area contributed by atoms with Crippen molar-refractivity contribution in [2.75, 3.05) is 0 Å². The predicted octanol–water partition coefficient (Wildman–Crippen LogP) is 5.76. The van der Waals surface area contributed by atoms with E-state index in [1.165, 1.54) is 19.4 Å².